The van der Waals surface area contributed by atoms with Crippen LogP contribution in [0.3, 0.4) is 0 Å². The average molecular weight is 211 g/mol. The Morgan fingerprint density at radius 3 is 2.93 bits per heavy atom. The molecular formula is C11H17NOS. The van der Waals surface area contributed by atoms with Gasteiger partial charge in [-0.3, -0.25) is 0 Å². The first-order valence-electron chi connectivity index (χ1n) is 4.78. The minimum absolute atomic E-state index is 0.704. The van der Waals surface area contributed by atoms with Crippen LogP contribution in [0.4, 0.5) is 0 Å². The second-order valence-corrected chi connectivity index (χ2v) is 4.24. The largest absolute Gasteiger partial charge is 0.372 e. The Hall–Kier alpha value is -0.640. The highest BCUT2D eigenvalue weighted by molar-refractivity contribution is 7.11. The van der Waals surface area contributed by atoms with Crippen LogP contribution in [-0.4, -0.2) is 13.7 Å². The zero-order valence-electron chi connectivity index (χ0n) is 8.75. The normalized spacial score (nSPS) is 11.3. The highest BCUT2D eigenvalue weighted by Crippen LogP contribution is 2.16. The Morgan fingerprint density at radius 2 is 2.21 bits per heavy atom. The first-order valence-corrected chi connectivity index (χ1v) is 5.59. The van der Waals surface area contributed by atoms with Crippen molar-refractivity contribution in [2.24, 2.45) is 0 Å². The Kier molecular flexibility index (Phi) is 5.52. The van der Waals surface area contributed by atoms with E-state index >= 15 is 0 Å². The van der Waals surface area contributed by atoms with Crippen LogP contribution in [0.5, 0.6) is 0 Å². The van der Waals surface area contributed by atoms with Crippen molar-refractivity contribution < 1.29 is 4.74 Å². The Labute approximate surface area is 89.6 Å². The molecule has 0 radical (unpaired) electrons. The number of hydrogen-bond acceptors (Lipinski definition) is 3. The minimum atomic E-state index is 0.704. The third-order valence-corrected chi connectivity index (χ3v) is 2.82. The van der Waals surface area contributed by atoms with Crippen molar-refractivity contribution in [3.05, 3.63) is 34.0 Å². The minimum Gasteiger partial charge on any atom is -0.372 e. The summed E-state index contributed by atoms with van der Waals surface area (Å²) >= 11 is 1.80. The average Bonchev–Trinajstić information content (AvgIpc) is 2.61. The van der Waals surface area contributed by atoms with E-state index < -0.39 is 0 Å². The topological polar surface area (TPSA) is 21.3 Å². The molecule has 0 aliphatic rings. The van der Waals surface area contributed by atoms with Crippen LogP contribution in [0.1, 0.15) is 16.7 Å². The smallest absolute Gasteiger partial charge is 0.0813 e. The van der Waals surface area contributed by atoms with E-state index in [-0.39, 0.29) is 0 Å². The van der Waals surface area contributed by atoms with Crippen molar-refractivity contribution in [3.63, 3.8) is 0 Å². The van der Waals surface area contributed by atoms with Gasteiger partial charge in [0.25, 0.3) is 0 Å². The maximum atomic E-state index is 5.45. The van der Waals surface area contributed by atoms with Gasteiger partial charge < -0.3 is 10.1 Å². The van der Waals surface area contributed by atoms with E-state index in [1.54, 1.807) is 11.3 Å². The monoisotopic (exact) mass is 211 g/mol. The molecule has 0 fully saturated rings. The third kappa shape index (κ3) is 4.05. The van der Waals surface area contributed by atoms with Crippen molar-refractivity contribution in [3.8, 4) is 0 Å². The third-order valence-electron chi connectivity index (χ3n) is 1.76. The van der Waals surface area contributed by atoms with Gasteiger partial charge in [0, 0.05) is 16.3 Å². The zero-order valence-corrected chi connectivity index (χ0v) is 9.56. The number of rotatable bonds is 6. The van der Waals surface area contributed by atoms with Crippen LogP contribution in [0, 0.1) is 0 Å². The summed E-state index contributed by atoms with van der Waals surface area (Å²) in [6.45, 7) is 4.37. The summed E-state index contributed by atoms with van der Waals surface area (Å²) in [5.41, 5.74) is 0. The Balaban J connectivity index is 2.28. The summed E-state index contributed by atoms with van der Waals surface area (Å²) in [7, 11) is 1.96. The number of thiophene rings is 1. The fraction of sp³-hybridized carbons (Fsp3) is 0.455. The van der Waals surface area contributed by atoms with Crippen LogP contribution in [0.25, 0.3) is 0 Å². The molecule has 1 N–H and O–H groups in total. The summed E-state index contributed by atoms with van der Waals surface area (Å²) in [6.07, 6.45) is 4.02. The van der Waals surface area contributed by atoms with Gasteiger partial charge in [-0.25, -0.2) is 0 Å². The van der Waals surface area contributed by atoms with Gasteiger partial charge in [-0.15, -0.1) is 11.3 Å². The summed E-state index contributed by atoms with van der Waals surface area (Å²) < 4.78 is 5.45. The van der Waals surface area contributed by atoms with Crippen molar-refractivity contribution in [2.75, 3.05) is 13.7 Å². The molecule has 1 aromatic rings. The summed E-state index contributed by atoms with van der Waals surface area (Å²) in [5, 5.41) is 3.13. The maximum absolute atomic E-state index is 5.45. The second kappa shape index (κ2) is 6.76. The predicted molar refractivity (Wildman–Crippen MR) is 61.6 cm³/mol. The molecule has 0 bridgehead atoms. The molecule has 3 heteroatoms. The van der Waals surface area contributed by atoms with E-state index in [2.05, 4.69) is 17.4 Å². The lowest BCUT2D eigenvalue weighted by molar-refractivity contribution is 0.151. The molecule has 0 aromatic carbocycles. The molecule has 0 aliphatic carbocycles. The first kappa shape index (κ1) is 11.4. The molecule has 14 heavy (non-hydrogen) atoms. The molecule has 0 aliphatic heterocycles. The lowest BCUT2D eigenvalue weighted by atomic mass is 10.4. The van der Waals surface area contributed by atoms with Crippen molar-refractivity contribution in [1.29, 1.82) is 0 Å². The first-order chi connectivity index (χ1) is 6.86. The van der Waals surface area contributed by atoms with Gasteiger partial charge >= 0.3 is 0 Å². The van der Waals surface area contributed by atoms with Gasteiger partial charge in [0.05, 0.1) is 13.2 Å². The molecule has 0 saturated heterocycles. The van der Waals surface area contributed by atoms with E-state index in [9.17, 15) is 0 Å². The molecule has 0 atom stereocenters. The number of allylic oxidation sites excluding steroid dienone is 1. The fourth-order valence-electron chi connectivity index (χ4n) is 1.09. The van der Waals surface area contributed by atoms with Crippen LogP contribution in [-0.2, 0) is 17.9 Å². The molecule has 1 rings (SSSR count). The van der Waals surface area contributed by atoms with Crippen LogP contribution >= 0.6 is 11.3 Å². The van der Waals surface area contributed by atoms with E-state index in [0.29, 0.717) is 6.61 Å². The standard InChI is InChI=1S/C11H17NOS/c1-3-4-7-13-9-11-6-5-10(14-11)8-12-2/h3-6,12H,7-9H2,1-2H3/b4-3+. The quantitative estimate of drug-likeness (QED) is 0.577. The molecule has 0 amide bonds. The SMILES string of the molecule is C/C=C/COCc1ccc(CNC)s1. The van der Waals surface area contributed by atoms with E-state index in [1.165, 1.54) is 9.75 Å². The molecule has 0 spiro atoms. The molecule has 0 unspecified atom stereocenters. The zero-order chi connectivity index (χ0) is 10.2. The number of ether oxygens (including phenoxy) is 1. The molecular weight excluding hydrogens is 194 g/mol. The van der Waals surface area contributed by atoms with Gasteiger partial charge in [-0.1, -0.05) is 12.2 Å². The van der Waals surface area contributed by atoms with Crippen LogP contribution in [0.2, 0.25) is 0 Å². The number of hydrogen-bond donors (Lipinski definition) is 1. The van der Waals surface area contributed by atoms with Gasteiger partial charge in [0.15, 0.2) is 0 Å². The highest BCUT2D eigenvalue weighted by Gasteiger charge is 1.98. The Bertz CT molecular complexity index is 281. The summed E-state index contributed by atoms with van der Waals surface area (Å²) in [5.74, 6) is 0. The van der Waals surface area contributed by atoms with Gasteiger partial charge in [0.2, 0.25) is 0 Å². The molecule has 1 heterocycles. The van der Waals surface area contributed by atoms with E-state index in [4.69, 9.17) is 4.74 Å². The predicted octanol–water partition coefficient (Wildman–Crippen LogP) is 2.56. The van der Waals surface area contributed by atoms with Crippen molar-refractivity contribution in [2.45, 2.75) is 20.1 Å². The van der Waals surface area contributed by atoms with Crippen molar-refractivity contribution >= 4 is 11.3 Å². The molecule has 1 aromatic heterocycles. The molecule has 2 nitrogen and oxygen atoms in total. The highest BCUT2D eigenvalue weighted by atomic mass is 32.1. The van der Waals surface area contributed by atoms with E-state index in [1.807, 2.05) is 26.1 Å². The lowest BCUT2D eigenvalue weighted by Crippen LogP contribution is -2.02. The summed E-state index contributed by atoms with van der Waals surface area (Å²) in [4.78, 5) is 2.65. The second-order valence-electron chi connectivity index (χ2n) is 2.98. The van der Waals surface area contributed by atoms with E-state index in [0.717, 1.165) is 13.2 Å². The molecule has 78 valence electrons. The fourth-order valence-corrected chi connectivity index (χ4v) is 2.06. The van der Waals surface area contributed by atoms with Crippen molar-refractivity contribution in [1.82, 2.24) is 5.32 Å². The maximum Gasteiger partial charge on any atom is 0.0813 e. The van der Waals surface area contributed by atoms with Gasteiger partial charge in [-0.05, 0) is 26.1 Å². The van der Waals surface area contributed by atoms with Crippen LogP contribution < -0.4 is 5.32 Å². The van der Waals surface area contributed by atoms with Crippen LogP contribution in [0.15, 0.2) is 24.3 Å². The molecule has 0 saturated carbocycles. The Morgan fingerprint density at radius 1 is 1.43 bits per heavy atom. The van der Waals surface area contributed by atoms with Gasteiger partial charge in [0.1, 0.15) is 0 Å². The number of nitrogens with one attached hydrogen (secondary N) is 1. The van der Waals surface area contributed by atoms with Gasteiger partial charge in [-0.2, -0.15) is 0 Å². The summed E-state index contributed by atoms with van der Waals surface area (Å²) in [6, 6.07) is 4.28. The lowest BCUT2D eigenvalue weighted by Gasteiger charge is -1.97.